The number of sulfone groups is 1. The molecule has 3 rings (SSSR count). The molecule has 0 radical (unpaired) electrons. The second-order valence-corrected chi connectivity index (χ2v) is 10.7. The van der Waals surface area contributed by atoms with Gasteiger partial charge in [-0.05, 0) is 61.0 Å². The number of anilines is 1. The molecule has 0 aliphatic carbocycles. The van der Waals surface area contributed by atoms with E-state index in [9.17, 15) is 21.6 Å². The Morgan fingerprint density at radius 3 is 1.90 bits per heavy atom. The zero-order chi connectivity index (χ0) is 22.6. The van der Waals surface area contributed by atoms with Crippen LogP contribution in [0, 0.1) is 0 Å². The van der Waals surface area contributed by atoms with E-state index < -0.39 is 19.9 Å². The molecule has 1 unspecified atom stereocenters. The van der Waals surface area contributed by atoms with Gasteiger partial charge in [0.15, 0.2) is 9.84 Å². The van der Waals surface area contributed by atoms with Gasteiger partial charge in [-0.1, -0.05) is 30.3 Å². The fraction of sp³-hybridized carbons (Fsp3) is 0.136. The molecule has 2 N–H and O–H groups in total. The van der Waals surface area contributed by atoms with Crippen LogP contribution >= 0.6 is 0 Å². The Bertz CT molecular complexity index is 1270. The van der Waals surface area contributed by atoms with Gasteiger partial charge < -0.3 is 5.32 Å². The van der Waals surface area contributed by atoms with Gasteiger partial charge >= 0.3 is 0 Å². The monoisotopic (exact) mass is 458 g/mol. The van der Waals surface area contributed by atoms with Gasteiger partial charge in [0.2, 0.25) is 0 Å². The van der Waals surface area contributed by atoms with Gasteiger partial charge in [-0.3, -0.25) is 9.52 Å². The number of benzene rings is 3. The van der Waals surface area contributed by atoms with Crippen LogP contribution in [-0.2, 0) is 19.9 Å². The normalized spacial score (nSPS) is 12.7. The van der Waals surface area contributed by atoms with Gasteiger partial charge in [0, 0.05) is 17.5 Å². The Labute approximate surface area is 182 Å². The van der Waals surface area contributed by atoms with Gasteiger partial charge in [0.05, 0.1) is 15.8 Å². The van der Waals surface area contributed by atoms with Crippen molar-refractivity contribution in [3.63, 3.8) is 0 Å². The average Bonchev–Trinajstić information content (AvgIpc) is 2.74. The van der Waals surface area contributed by atoms with Crippen molar-refractivity contribution in [2.75, 3.05) is 11.0 Å². The summed E-state index contributed by atoms with van der Waals surface area (Å²) in [5.74, 6) is -0.336. The highest BCUT2D eigenvalue weighted by Crippen LogP contribution is 2.19. The number of hydrogen-bond donors (Lipinski definition) is 2. The van der Waals surface area contributed by atoms with Gasteiger partial charge in [0.25, 0.3) is 15.9 Å². The lowest BCUT2D eigenvalue weighted by Gasteiger charge is -2.15. The number of carbonyl (C=O) groups excluding carboxylic acids is 1. The van der Waals surface area contributed by atoms with Crippen molar-refractivity contribution in [2.45, 2.75) is 22.8 Å². The minimum Gasteiger partial charge on any atom is -0.346 e. The molecule has 1 amide bonds. The first kappa shape index (κ1) is 22.5. The second-order valence-electron chi connectivity index (χ2n) is 7.03. The third-order valence-corrected chi connectivity index (χ3v) is 7.13. The standard InChI is InChI=1S/C22H22N2O5S2/c1-16(17-10-14-20(15-11-17)30(2,26)27)23-22(25)18-8-12-19(13-9-18)24-31(28,29)21-6-4-3-5-7-21/h3-16,24H,1-2H3,(H,23,25). The summed E-state index contributed by atoms with van der Waals surface area (Å²) in [5, 5.41) is 2.84. The molecule has 0 spiro atoms. The summed E-state index contributed by atoms with van der Waals surface area (Å²) in [4.78, 5) is 12.9. The number of carbonyl (C=O) groups is 1. The smallest absolute Gasteiger partial charge is 0.261 e. The van der Waals surface area contributed by atoms with E-state index in [1.165, 1.54) is 48.5 Å². The third kappa shape index (κ3) is 5.71. The maximum atomic E-state index is 12.5. The Balaban J connectivity index is 1.66. The maximum Gasteiger partial charge on any atom is 0.261 e. The number of nitrogens with one attached hydrogen (secondary N) is 2. The summed E-state index contributed by atoms with van der Waals surface area (Å²) in [6.07, 6.45) is 1.14. The molecular weight excluding hydrogens is 436 g/mol. The zero-order valence-electron chi connectivity index (χ0n) is 16.9. The molecule has 0 aromatic heterocycles. The topological polar surface area (TPSA) is 109 Å². The van der Waals surface area contributed by atoms with E-state index in [1.807, 2.05) is 0 Å². The van der Waals surface area contributed by atoms with Crippen molar-refractivity contribution >= 4 is 31.5 Å². The number of hydrogen-bond acceptors (Lipinski definition) is 5. The fourth-order valence-electron chi connectivity index (χ4n) is 2.87. The molecule has 7 nitrogen and oxygen atoms in total. The van der Waals surface area contributed by atoms with Gasteiger partial charge in [-0.25, -0.2) is 16.8 Å². The largest absolute Gasteiger partial charge is 0.346 e. The van der Waals surface area contributed by atoms with E-state index in [-0.39, 0.29) is 21.7 Å². The first-order valence-corrected chi connectivity index (χ1v) is 12.7. The molecule has 0 aliphatic heterocycles. The maximum absolute atomic E-state index is 12.5. The van der Waals surface area contributed by atoms with Crippen molar-refractivity contribution in [3.8, 4) is 0 Å². The molecule has 1 atom stereocenters. The highest BCUT2D eigenvalue weighted by atomic mass is 32.2. The van der Waals surface area contributed by atoms with Crippen LogP contribution in [0.4, 0.5) is 5.69 Å². The lowest BCUT2D eigenvalue weighted by molar-refractivity contribution is 0.0940. The minimum absolute atomic E-state index is 0.146. The van der Waals surface area contributed by atoms with Crippen molar-refractivity contribution in [1.29, 1.82) is 0 Å². The molecule has 0 aliphatic rings. The van der Waals surface area contributed by atoms with Crippen LogP contribution in [0.15, 0.2) is 88.7 Å². The molecule has 3 aromatic rings. The van der Waals surface area contributed by atoms with E-state index in [1.54, 1.807) is 37.3 Å². The number of sulfonamides is 1. The summed E-state index contributed by atoms with van der Waals surface area (Å²) in [6.45, 7) is 1.79. The molecular formula is C22H22N2O5S2. The second kappa shape index (κ2) is 8.91. The van der Waals surface area contributed by atoms with Crippen molar-refractivity contribution < 1.29 is 21.6 Å². The quantitative estimate of drug-likeness (QED) is 0.564. The molecule has 0 fully saturated rings. The minimum atomic E-state index is -3.71. The van der Waals surface area contributed by atoms with Gasteiger partial charge in [-0.15, -0.1) is 0 Å². The first-order valence-electron chi connectivity index (χ1n) is 9.35. The Morgan fingerprint density at radius 2 is 1.35 bits per heavy atom. The first-order chi connectivity index (χ1) is 14.6. The Kier molecular flexibility index (Phi) is 6.47. The predicted molar refractivity (Wildman–Crippen MR) is 119 cm³/mol. The van der Waals surface area contributed by atoms with E-state index in [2.05, 4.69) is 10.0 Å². The number of amides is 1. The number of rotatable bonds is 7. The molecule has 0 saturated carbocycles. The molecule has 0 bridgehead atoms. The summed E-state index contributed by atoms with van der Waals surface area (Å²) in [5.41, 5.74) is 1.46. The average molecular weight is 459 g/mol. The van der Waals surface area contributed by atoms with E-state index in [0.29, 0.717) is 11.3 Å². The summed E-state index contributed by atoms with van der Waals surface area (Å²) in [6, 6.07) is 20.0. The van der Waals surface area contributed by atoms with Crippen LogP contribution in [0.3, 0.4) is 0 Å². The lowest BCUT2D eigenvalue weighted by atomic mass is 10.1. The summed E-state index contributed by atoms with van der Waals surface area (Å²) >= 11 is 0. The van der Waals surface area contributed by atoms with Gasteiger partial charge in [0.1, 0.15) is 0 Å². The molecule has 0 saturated heterocycles. The fourth-order valence-corrected chi connectivity index (χ4v) is 4.58. The molecule has 162 valence electrons. The van der Waals surface area contributed by atoms with Crippen LogP contribution in [0.1, 0.15) is 28.9 Å². The lowest BCUT2D eigenvalue weighted by Crippen LogP contribution is -2.26. The molecule has 0 heterocycles. The van der Waals surface area contributed by atoms with Crippen molar-refractivity contribution in [2.24, 2.45) is 0 Å². The van der Waals surface area contributed by atoms with Crippen molar-refractivity contribution in [1.82, 2.24) is 5.32 Å². The highest BCUT2D eigenvalue weighted by molar-refractivity contribution is 7.92. The van der Waals surface area contributed by atoms with Gasteiger partial charge in [-0.2, -0.15) is 0 Å². The zero-order valence-corrected chi connectivity index (χ0v) is 18.6. The SMILES string of the molecule is CC(NC(=O)c1ccc(NS(=O)(=O)c2ccccc2)cc1)c1ccc(S(C)(=O)=O)cc1. The molecule has 9 heteroatoms. The molecule has 3 aromatic carbocycles. The van der Waals surface area contributed by atoms with Crippen LogP contribution < -0.4 is 10.0 Å². The third-order valence-electron chi connectivity index (χ3n) is 4.61. The molecule has 31 heavy (non-hydrogen) atoms. The van der Waals surface area contributed by atoms with Crippen LogP contribution in [0.25, 0.3) is 0 Å². The summed E-state index contributed by atoms with van der Waals surface area (Å²) in [7, 11) is -6.99. The Hall–Kier alpha value is -3.17. The van der Waals surface area contributed by atoms with E-state index in [0.717, 1.165) is 11.8 Å². The predicted octanol–water partition coefficient (Wildman–Crippen LogP) is 3.38. The Morgan fingerprint density at radius 1 is 0.774 bits per heavy atom. The highest BCUT2D eigenvalue weighted by Gasteiger charge is 2.15. The van der Waals surface area contributed by atoms with E-state index >= 15 is 0 Å². The summed E-state index contributed by atoms with van der Waals surface area (Å²) < 4.78 is 50.4. The van der Waals surface area contributed by atoms with Crippen LogP contribution in [-0.4, -0.2) is 29.0 Å². The van der Waals surface area contributed by atoms with Crippen LogP contribution in [0.5, 0.6) is 0 Å². The van der Waals surface area contributed by atoms with Crippen molar-refractivity contribution in [3.05, 3.63) is 90.0 Å². The van der Waals surface area contributed by atoms with Crippen LogP contribution in [0.2, 0.25) is 0 Å². The van der Waals surface area contributed by atoms with E-state index in [4.69, 9.17) is 0 Å².